The highest BCUT2D eigenvalue weighted by molar-refractivity contribution is 5.66. The van der Waals surface area contributed by atoms with Crippen LogP contribution >= 0.6 is 0 Å². The number of rotatable bonds is 2. The number of hydrogen-bond donors (Lipinski definition) is 1. The van der Waals surface area contributed by atoms with Crippen LogP contribution in [0.25, 0.3) is 0 Å². The van der Waals surface area contributed by atoms with Crippen molar-refractivity contribution in [3.8, 4) is 0 Å². The molecule has 0 radical (unpaired) electrons. The van der Waals surface area contributed by atoms with Gasteiger partial charge in [0.2, 0.25) is 0 Å². The summed E-state index contributed by atoms with van der Waals surface area (Å²) in [5, 5.41) is 10.7. The van der Waals surface area contributed by atoms with Crippen molar-refractivity contribution in [3.63, 3.8) is 0 Å². The Kier molecular flexibility index (Phi) is 3.03. The maximum Gasteiger partial charge on any atom is 0.191 e. The Morgan fingerprint density at radius 2 is 1.75 bits per heavy atom. The number of ether oxygens (including phenoxy) is 5. The highest BCUT2D eigenvalue weighted by atomic mass is 16.8. The van der Waals surface area contributed by atoms with Gasteiger partial charge in [-0.25, -0.2) is 0 Å². The summed E-state index contributed by atoms with van der Waals surface area (Å²) in [6.45, 7) is 7.16. The molecule has 0 saturated carbocycles. The third kappa shape index (κ3) is 2.09. The van der Waals surface area contributed by atoms with E-state index in [2.05, 4.69) is 0 Å². The molecule has 7 heteroatoms. The molecule has 3 saturated heterocycles. The van der Waals surface area contributed by atoms with Gasteiger partial charge in [-0.3, -0.25) is 4.79 Å². The highest BCUT2D eigenvalue weighted by Gasteiger charge is 2.66. The predicted molar refractivity (Wildman–Crippen MR) is 64.6 cm³/mol. The second-order valence-corrected chi connectivity index (χ2v) is 6.35. The molecule has 3 fully saturated rings. The molecule has 3 aliphatic heterocycles. The smallest absolute Gasteiger partial charge is 0.191 e. The second kappa shape index (κ2) is 4.22. The first-order valence-electron chi connectivity index (χ1n) is 6.68. The molecule has 1 N–H and O–H groups in total. The van der Waals surface area contributed by atoms with Gasteiger partial charge in [0.15, 0.2) is 29.8 Å². The SMILES string of the molecule is CC1(C)OC[C@H]([C@H]2O[C@@H]3OC(C)(C)O[C@@H]3[C@]2(O)C=O)O1. The standard InChI is InChI=1S/C13H20O7/c1-11(2)16-5-7(18-11)8-13(15,6-14)9-10(17-8)20-12(3,4)19-9/h6-10,15H,5H2,1-4H3/t7-,8-,9+,10-,13+/m1/s1. The van der Waals surface area contributed by atoms with Gasteiger partial charge in [-0.15, -0.1) is 0 Å². The first kappa shape index (κ1) is 14.4. The van der Waals surface area contributed by atoms with Crippen molar-refractivity contribution in [2.24, 2.45) is 0 Å². The molecule has 20 heavy (non-hydrogen) atoms. The van der Waals surface area contributed by atoms with E-state index in [9.17, 15) is 9.90 Å². The van der Waals surface area contributed by atoms with Crippen LogP contribution in [-0.4, -0.2) is 59.8 Å². The van der Waals surface area contributed by atoms with Gasteiger partial charge in [0.05, 0.1) is 6.61 Å². The Bertz CT molecular complexity index is 421. The average molecular weight is 288 g/mol. The summed E-state index contributed by atoms with van der Waals surface area (Å²) in [4.78, 5) is 11.4. The van der Waals surface area contributed by atoms with Crippen molar-refractivity contribution in [1.29, 1.82) is 0 Å². The Balaban J connectivity index is 1.83. The number of hydrogen-bond acceptors (Lipinski definition) is 7. The van der Waals surface area contributed by atoms with Crippen molar-refractivity contribution in [2.75, 3.05) is 6.61 Å². The van der Waals surface area contributed by atoms with Crippen molar-refractivity contribution >= 4 is 6.29 Å². The van der Waals surface area contributed by atoms with E-state index in [0.29, 0.717) is 6.29 Å². The normalized spacial score (nSPS) is 49.2. The topological polar surface area (TPSA) is 83.5 Å². The lowest BCUT2D eigenvalue weighted by molar-refractivity contribution is -0.242. The molecule has 3 heterocycles. The van der Waals surface area contributed by atoms with Crippen LogP contribution in [0, 0.1) is 0 Å². The van der Waals surface area contributed by atoms with Gasteiger partial charge in [-0.05, 0) is 27.7 Å². The lowest BCUT2D eigenvalue weighted by Gasteiger charge is -2.31. The van der Waals surface area contributed by atoms with Crippen LogP contribution in [0.3, 0.4) is 0 Å². The Hall–Kier alpha value is -0.570. The van der Waals surface area contributed by atoms with E-state index in [1.54, 1.807) is 27.7 Å². The Morgan fingerprint density at radius 3 is 2.30 bits per heavy atom. The summed E-state index contributed by atoms with van der Waals surface area (Å²) in [5.74, 6) is -1.67. The minimum Gasteiger partial charge on any atom is -0.377 e. The average Bonchev–Trinajstić information content (AvgIpc) is 2.91. The maximum atomic E-state index is 11.4. The Labute approximate surface area is 117 Å². The zero-order valence-electron chi connectivity index (χ0n) is 12.0. The van der Waals surface area contributed by atoms with Crippen LogP contribution in [0.1, 0.15) is 27.7 Å². The van der Waals surface area contributed by atoms with Crippen molar-refractivity contribution in [1.82, 2.24) is 0 Å². The summed E-state index contributed by atoms with van der Waals surface area (Å²) in [7, 11) is 0. The Morgan fingerprint density at radius 1 is 1.05 bits per heavy atom. The highest BCUT2D eigenvalue weighted by Crippen LogP contribution is 2.45. The molecule has 0 aromatic heterocycles. The molecule has 0 amide bonds. The first-order valence-corrected chi connectivity index (χ1v) is 6.68. The molecule has 0 aromatic rings. The number of carbonyl (C=O) groups is 1. The van der Waals surface area contributed by atoms with Crippen LogP contribution in [0.5, 0.6) is 0 Å². The molecule has 3 rings (SSSR count). The van der Waals surface area contributed by atoms with Gasteiger partial charge in [0, 0.05) is 0 Å². The summed E-state index contributed by atoms with van der Waals surface area (Å²) < 4.78 is 27.9. The van der Waals surface area contributed by atoms with Crippen LogP contribution < -0.4 is 0 Å². The second-order valence-electron chi connectivity index (χ2n) is 6.35. The van der Waals surface area contributed by atoms with Crippen LogP contribution in [-0.2, 0) is 28.5 Å². The summed E-state index contributed by atoms with van der Waals surface area (Å²) in [6.07, 6.45) is -2.65. The van der Waals surface area contributed by atoms with E-state index >= 15 is 0 Å². The lowest BCUT2D eigenvalue weighted by Crippen LogP contribution is -2.55. The zero-order chi connectivity index (χ0) is 14.8. The van der Waals surface area contributed by atoms with E-state index in [4.69, 9.17) is 23.7 Å². The molecular weight excluding hydrogens is 268 g/mol. The summed E-state index contributed by atoms with van der Waals surface area (Å²) >= 11 is 0. The fourth-order valence-corrected chi connectivity index (χ4v) is 2.94. The monoisotopic (exact) mass is 288 g/mol. The van der Waals surface area contributed by atoms with Crippen LogP contribution in [0.2, 0.25) is 0 Å². The minimum absolute atomic E-state index is 0.233. The fourth-order valence-electron chi connectivity index (χ4n) is 2.94. The molecule has 0 aliphatic carbocycles. The molecule has 7 nitrogen and oxygen atoms in total. The van der Waals surface area contributed by atoms with E-state index in [-0.39, 0.29) is 6.61 Å². The van der Waals surface area contributed by atoms with E-state index in [1.165, 1.54) is 0 Å². The van der Waals surface area contributed by atoms with Crippen molar-refractivity contribution < 1.29 is 33.6 Å². The van der Waals surface area contributed by atoms with Crippen molar-refractivity contribution in [2.45, 2.75) is 69.5 Å². The molecule has 0 unspecified atom stereocenters. The first-order chi connectivity index (χ1) is 9.17. The fraction of sp³-hybridized carbons (Fsp3) is 0.923. The molecule has 0 aromatic carbocycles. The van der Waals surface area contributed by atoms with Gasteiger partial charge in [0.25, 0.3) is 0 Å². The van der Waals surface area contributed by atoms with Gasteiger partial charge < -0.3 is 28.8 Å². The van der Waals surface area contributed by atoms with E-state index in [1.807, 2.05) is 0 Å². The largest absolute Gasteiger partial charge is 0.377 e. The van der Waals surface area contributed by atoms with Gasteiger partial charge in [0.1, 0.15) is 18.3 Å². The molecule has 5 atom stereocenters. The third-order valence-electron chi connectivity index (χ3n) is 3.81. The quantitative estimate of drug-likeness (QED) is 0.713. The van der Waals surface area contributed by atoms with Crippen molar-refractivity contribution in [3.05, 3.63) is 0 Å². The minimum atomic E-state index is -1.81. The summed E-state index contributed by atoms with van der Waals surface area (Å²) in [6, 6.07) is 0. The molecule has 3 aliphatic rings. The molecule has 114 valence electrons. The van der Waals surface area contributed by atoms with E-state index in [0.717, 1.165) is 0 Å². The summed E-state index contributed by atoms with van der Waals surface area (Å²) in [5.41, 5.74) is -1.81. The number of fused-ring (bicyclic) bond motifs is 1. The van der Waals surface area contributed by atoms with Gasteiger partial charge >= 0.3 is 0 Å². The van der Waals surface area contributed by atoms with Gasteiger partial charge in [-0.2, -0.15) is 0 Å². The van der Waals surface area contributed by atoms with Crippen LogP contribution in [0.15, 0.2) is 0 Å². The van der Waals surface area contributed by atoms with Gasteiger partial charge in [-0.1, -0.05) is 0 Å². The zero-order valence-corrected chi connectivity index (χ0v) is 12.0. The molecular formula is C13H20O7. The third-order valence-corrected chi connectivity index (χ3v) is 3.81. The number of carbonyl (C=O) groups excluding carboxylic acids is 1. The number of aldehydes is 1. The predicted octanol–water partition coefficient (Wildman–Crippen LogP) is -0.0557. The van der Waals surface area contributed by atoms with Crippen LogP contribution in [0.4, 0.5) is 0 Å². The lowest BCUT2D eigenvalue weighted by atomic mass is 9.91. The molecule has 0 spiro atoms. The molecule has 0 bridgehead atoms. The number of aliphatic hydroxyl groups is 1. The maximum absolute atomic E-state index is 11.4. The van der Waals surface area contributed by atoms with E-state index < -0.39 is 41.8 Å².